The standard InChI is InChI=1S/C27H28BrN3O4S/c1-34-16-7-15-29-25(32)21-10-5-6-11-23(21)30-27(36)31-26(33)22-18-20(28)12-13-24(22)35-17-14-19-8-3-2-4-9-19/h2-6,8-13,18H,7,14-17H2,1H3,(H,29,32)(H2,30,31,33,36). The van der Waals surface area contributed by atoms with E-state index in [4.69, 9.17) is 21.7 Å². The first kappa shape index (κ1) is 27.3. The van der Waals surface area contributed by atoms with E-state index in [1.807, 2.05) is 36.4 Å². The first-order chi connectivity index (χ1) is 17.5. The second kappa shape index (κ2) is 14.3. The van der Waals surface area contributed by atoms with Gasteiger partial charge in [0.1, 0.15) is 5.75 Å². The lowest BCUT2D eigenvalue weighted by atomic mass is 10.1. The van der Waals surface area contributed by atoms with E-state index in [-0.39, 0.29) is 11.0 Å². The summed E-state index contributed by atoms with van der Waals surface area (Å²) in [6, 6.07) is 22.2. The minimum atomic E-state index is -0.426. The van der Waals surface area contributed by atoms with E-state index in [1.165, 1.54) is 0 Å². The van der Waals surface area contributed by atoms with Gasteiger partial charge < -0.3 is 20.1 Å². The molecule has 0 aliphatic carbocycles. The van der Waals surface area contributed by atoms with Gasteiger partial charge in [-0.05, 0) is 54.5 Å². The fraction of sp³-hybridized carbons (Fsp3) is 0.222. The van der Waals surface area contributed by atoms with E-state index < -0.39 is 5.91 Å². The molecule has 7 nitrogen and oxygen atoms in total. The minimum absolute atomic E-state index is 0.0647. The van der Waals surface area contributed by atoms with E-state index >= 15 is 0 Å². The van der Waals surface area contributed by atoms with Gasteiger partial charge in [0.05, 0.1) is 23.4 Å². The summed E-state index contributed by atoms with van der Waals surface area (Å²) in [4.78, 5) is 25.6. The fourth-order valence-corrected chi connectivity index (χ4v) is 3.92. The number of rotatable bonds is 11. The summed E-state index contributed by atoms with van der Waals surface area (Å²) in [5.74, 6) is -0.223. The molecule has 0 atom stereocenters. The van der Waals surface area contributed by atoms with Crippen LogP contribution in [0.5, 0.6) is 5.75 Å². The van der Waals surface area contributed by atoms with Crippen LogP contribution in [0.4, 0.5) is 5.69 Å². The van der Waals surface area contributed by atoms with Gasteiger partial charge in [-0.15, -0.1) is 0 Å². The Morgan fingerprint density at radius 3 is 2.44 bits per heavy atom. The molecule has 0 aromatic heterocycles. The molecule has 9 heteroatoms. The summed E-state index contributed by atoms with van der Waals surface area (Å²) in [5, 5.41) is 8.55. The first-order valence-corrected chi connectivity index (χ1v) is 12.6. The molecule has 0 spiro atoms. The van der Waals surface area contributed by atoms with Crippen molar-refractivity contribution in [3.8, 4) is 5.75 Å². The number of amides is 2. The Morgan fingerprint density at radius 2 is 1.67 bits per heavy atom. The van der Waals surface area contributed by atoms with Crippen molar-refractivity contribution in [2.24, 2.45) is 0 Å². The quantitative estimate of drug-likeness (QED) is 0.223. The fourth-order valence-electron chi connectivity index (χ4n) is 3.36. The van der Waals surface area contributed by atoms with Gasteiger partial charge in [-0.2, -0.15) is 0 Å². The topological polar surface area (TPSA) is 88.7 Å². The normalized spacial score (nSPS) is 10.4. The number of carbonyl (C=O) groups excluding carboxylic acids is 2. The molecule has 0 saturated heterocycles. The molecule has 2 amide bonds. The minimum Gasteiger partial charge on any atom is -0.492 e. The van der Waals surface area contributed by atoms with Gasteiger partial charge in [0.2, 0.25) is 0 Å². The predicted molar refractivity (Wildman–Crippen MR) is 149 cm³/mol. The van der Waals surface area contributed by atoms with Crippen LogP contribution < -0.4 is 20.7 Å². The van der Waals surface area contributed by atoms with Gasteiger partial charge in [0, 0.05) is 31.2 Å². The van der Waals surface area contributed by atoms with E-state index in [0.29, 0.717) is 55.2 Å². The molecule has 0 saturated carbocycles. The molecule has 36 heavy (non-hydrogen) atoms. The number of halogens is 1. The Bertz CT molecular complexity index is 1190. The highest BCUT2D eigenvalue weighted by Gasteiger charge is 2.17. The Balaban J connectivity index is 1.62. The van der Waals surface area contributed by atoms with Gasteiger partial charge in [-0.3, -0.25) is 14.9 Å². The number of hydrogen-bond donors (Lipinski definition) is 3. The molecule has 3 aromatic rings. The maximum atomic E-state index is 13.0. The molecule has 3 rings (SSSR count). The predicted octanol–water partition coefficient (Wildman–Crippen LogP) is 4.96. The lowest BCUT2D eigenvalue weighted by Gasteiger charge is -2.15. The molecule has 0 heterocycles. The summed E-state index contributed by atoms with van der Waals surface area (Å²) >= 11 is 8.77. The summed E-state index contributed by atoms with van der Waals surface area (Å²) in [6.07, 6.45) is 1.41. The van der Waals surface area contributed by atoms with Crippen LogP contribution in [0.2, 0.25) is 0 Å². The first-order valence-electron chi connectivity index (χ1n) is 11.4. The largest absolute Gasteiger partial charge is 0.492 e. The van der Waals surface area contributed by atoms with E-state index in [9.17, 15) is 9.59 Å². The van der Waals surface area contributed by atoms with Crippen LogP contribution in [0.1, 0.15) is 32.7 Å². The number of hydrogen-bond acceptors (Lipinski definition) is 5. The Kier molecular flexibility index (Phi) is 10.9. The number of thiocarbonyl (C=S) groups is 1. The van der Waals surface area contributed by atoms with Crippen LogP contribution in [-0.4, -0.2) is 43.8 Å². The second-order valence-electron chi connectivity index (χ2n) is 7.78. The third-order valence-electron chi connectivity index (χ3n) is 5.14. The van der Waals surface area contributed by atoms with Crippen LogP contribution >= 0.6 is 28.1 Å². The Labute approximate surface area is 224 Å². The van der Waals surface area contributed by atoms with Crippen LogP contribution in [0.15, 0.2) is 77.3 Å². The zero-order chi connectivity index (χ0) is 25.8. The monoisotopic (exact) mass is 569 g/mol. The average molecular weight is 571 g/mol. The smallest absolute Gasteiger partial charge is 0.261 e. The summed E-state index contributed by atoms with van der Waals surface area (Å²) in [5.41, 5.74) is 2.39. The van der Waals surface area contributed by atoms with Crippen LogP contribution in [0.25, 0.3) is 0 Å². The molecule has 0 radical (unpaired) electrons. The summed E-state index contributed by atoms with van der Waals surface area (Å²) in [6.45, 7) is 1.46. The highest BCUT2D eigenvalue weighted by Crippen LogP contribution is 2.24. The van der Waals surface area contributed by atoms with Gasteiger partial charge in [-0.25, -0.2) is 0 Å². The highest BCUT2D eigenvalue weighted by atomic mass is 79.9. The lowest BCUT2D eigenvalue weighted by Crippen LogP contribution is -2.35. The van der Waals surface area contributed by atoms with Gasteiger partial charge >= 0.3 is 0 Å². The molecule has 0 aliphatic heterocycles. The van der Waals surface area contributed by atoms with Crippen LogP contribution in [0.3, 0.4) is 0 Å². The highest BCUT2D eigenvalue weighted by molar-refractivity contribution is 9.10. The molecule has 3 aromatic carbocycles. The van der Waals surface area contributed by atoms with Crippen molar-refractivity contribution < 1.29 is 19.1 Å². The third-order valence-corrected chi connectivity index (χ3v) is 5.83. The summed E-state index contributed by atoms with van der Waals surface area (Å²) < 4.78 is 11.7. The van der Waals surface area contributed by atoms with Gasteiger partial charge in [-0.1, -0.05) is 58.4 Å². The van der Waals surface area contributed by atoms with Crippen LogP contribution in [-0.2, 0) is 11.2 Å². The molecule has 0 aliphatic rings. The molecule has 0 bridgehead atoms. The van der Waals surface area contributed by atoms with E-state index in [0.717, 1.165) is 10.0 Å². The number of nitrogens with one attached hydrogen (secondary N) is 3. The van der Waals surface area contributed by atoms with Crippen molar-refractivity contribution >= 4 is 50.8 Å². The summed E-state index contributed by atoms with van der Waals surface area (Å²) in [7, 11) is 1.62. The van der Waals surface area contributed by atoms with Crippen molar-refractivity contribution in [1.29, 1.82) is 0 Å². The van der Waals surface area contributed by atoms with Gasteiger partial charge in [0.25, 0.3) is 11.8 Å². The Morgan fingerprint density at radius 1 is 0.917 bits per heavy atom. The maximum absolute atomic E-state index is 13.0. The molecular weight excluding hydrogens is 542 g/mol. The molecular formula is C27H28BrN3O4S. The number of ether oxygens (including phenoxy) is 2. The number of anilines is 1. The molecule has 0 unspecified atom stereocenters. The van der Waals surface area contributed by atoms with E-state index in [2.05, 4.69) is 31.9 Å². The van der Waals surface area contributed by atoms with Crippen molar-refractivity contribution in [3.05, 3.63) is 94.0 Å². The SMILES string of the molecule is COCCCNC(=O)c1ccccc1NC(=S)NC(=O)c1cc(Br)ccc1OCCc1ccccc1. The zero-order valence-electron chi connectivity index (χ0n) is 19.9. The molecule has 0 fully saturated rings. The number of carbonyl (C=O) groups is 2. The number of methoxy groups -OCH3 is 1. The number of para-hydroxylation sites is 1. The average Bonchev–Trinajstić information content (AvgIpc) is 2.88. The molecule has 188 valence electrons. The maximum Gasteiger partial charge on any atom is 0.261 e. The van der Waals surface area contributed by atoms with Gasteiger partial charge in [0.15, 0.2) is 5.11 Å². The van der Waals surface area contributed by atoms with Crippen LogP contribution in [0, 0.1) is 0 Å². The Hall–Kier alpha value is -3.27. The van der Waals surface area contributed by atoms with Crippen molar-refractivity contribution in [3.63, 3.8) is 0 Å². The van der Waals surface area contributed by atoms with Crippen molar-refractivity contribution in [2.45, 2.75) is 12.8 Å². The van der Waals surface area contributed by atoms with Crippen molar-refractivity contribution in [2.75, 3.05) is 32.2 Å². The zero-order valence-corrected chi connectivity index (χ0v) is 22.3. The third kappa shape index (κ3) is 8.44. The number of benzene rings is 3. The van der Waals surface area contributed by atoms with Crippen molar-refractivity contribution in [1.82, 2.24) is 10.6 Å². The lowest BCUT2D eigenvalue weighted by molar-refractivity contribution is 0.0947. The molecule has 3 N–H and O–H groups in total. The second-order valence-corrected chi connectivity index (χ2v) is 9.10. The van der Waals surface area contributed by atoms with E-state index in [1.54, 1.807) is 43.5 Å².